The molecule has 6 nitrogen and oxygen atoms in total. The zero-order chi connectivity index (χ0) is 15.9. The van der Waals surface area contributed by atoms with E-state index in [0.29, 0.717) is 16.9 Å². The number of benzene rings is 2. The average molecular weight is 297 g/mol. The summed E-state index contributed by atoms with van der Waals surface area (Å²) in [6.45, 7) is 0. The molecule has 0 aromatic heterocycles. The third-order valence-corrected chi connectivity index (χ3v) is 2.88. The van der Waals surface area contributed by atoms with Crippen LogP contribution in [-0.2, 0) is 0 Å². The smallest absolute Gasteiger partial charge is 0.271 e. The van der Waals surface area contributed by atoms with E-state index in [1.165, 1.54) is 18.3 Å². The third kappa shape index (κ3) is 3.92. The number of amides is 1. The molecule has 0 aliphatic carbocycles. The molecule has 2 rings (SSSR count). The maximum atomic E-state index is 11.8. The van der Waals surface area contributed by atoms with Crippen molar-refractivity contribution in [1.82, 2.24) is 5.43 Å². The van der Waals surface area contributed by atoms with E-state index in [2.05, 4.69) is 10.5 Å². The number of hydrogen-bond acceptors (Lipinski definition) is 5. The standard InChI is InChI=1S/C16H14N2O4/c1-22-14-8-6-12(7-9-14)15(19)18-17-10-11-2-4-13(5-3-11)16(20)21/h2-10H,1H3,(H,18,19)(H,20,21)/p-1/b17-10-. The Hall–Kier alpha value is -3.15. The van der Waals surface area contributed by atoms with Crippen LogP contribution >= 0.6 is 0 Å². The number of nitrogens with one attached hydrogen (secondary N) is 1. The van der Waals surface area contributed by atoms with Gasteiger partial charge in [0.2, 0.25) is 0 Å². The first-order valence-electron chi connectivity index (χ1n) is 6.39. The predicted molar refractivity (Wildman–Crippen MR) is 78.8 cm³/mol. The summed E-state index contributed by atoms with van der Waals surface area (Å²) in [4.78, 5) is 22.4. The molecule has 112 valence electrons. The van der Waals surface area contributed by atoms with Crippen LogP contribution < -0.4 is 15.3 Å². The molecule has 6 heteroatoms. The molecule has 1 N–H and O–H groups in total. The van der Waals surface area contributed by atoms with Crippen LogP contribution in [0.25, 0.3) is 0 Å². The summed E-state index contributed by atoms with van der Waals surface area (Å²) in [5.74, 6) is -0.936. The summed E-state index contributed by atoms with van der Waals surface area (Å²) in [6.07, 6.45) is 1.42. The highest BCUT2D eigenvalue weighted by Crippen LogP contribution is 2.11. The van der Waals surface area contributed by atoms with Gasteiger partial charge in [-0.2, -0.15) is 5.10 Å². The number of hydrogen-bond donors (Lipinski definition) is 1. The zero-order valence-corrected chi connectivity index (χ0v) is 11.8. The van der Waals surface area contributed by atoms with Crippen molar-refractivity contribution >= 4 is 18.1 Å². The van der Waals surface area contributed by atoms with E-state index in [-0.39, 0.29) is 11.5 Å². The molecule has 0 unspecified atom stereocenters. The summed E-state index contributed by atoms with van der Waals surface area (Å²) >= 11 is 0. The Balaban J connectivity index is 1.96. The maximum absolute atomic E-state index is 11.8. The fourth-order valence-corrected chi connectivity index (χ4v) is 1.68. The van der Waals surface area contributed by atoms with Gasteiger partial charge in [0.05, 0.1) is 19.3 Å². The second-order valence-electron chi connectivity index (χ2n) is 4.34. The summed E-state index contributed by atoms with van der Waals surface area (Å²) in [7, 11) is 1.55. The zero-order valence-electron chi connectivity index (χ0n) is 11.8. The average Bonchev–Trinajstić information content (AvgIpc) is 2.55. The number of carboxylic acid groups (broad SMARTS) is 1. The number of nitrogens with zero attached hydrogens (tertiary/aromatic N) is 1. The molecule has 1 amide bonds. The van der Waals surface area contributed by atoms with Crippen LogP contribution in [0.5, 0.6) is 5.75 Å². The van der Waals surface area contributed by atoms with Crippen molar-refractivity contribution in [3.63, 3.8) is 0 Å². The Bertz CT molecular complexity index is 691. The molecule has 0 saturated carbocycles. The first-order chi connectivity index (χ1) is 10.6. The van der Waals surface area contributed by atoms with E-state index in [0.717, 1.165) is 0 Å². The van der Waals surface area contributed by atoms with Gasteiger partial charge in [-0.1, -0.05) is 24.3 Å². The van der Waals surface area contributed by atoms with E-state index in [9.17, 15) is 14.7 Å². The highest BCUT2D eigenvalue weighted by Gasteiger charge is 2.03. The van der Waals surface area contributed by atoms with Gasteiger partial charge >= 0.3 is 0 Å². The quantitative estimate of drug-likeness (QED) is 0.653. The maximum Gasteiger partial charge on any atom is 0.271 e. The normalized spacial score (nSPS) is 10.4. The summed E-state index contributed by atoms with van der Waals surface area (Å²) in [5.41, 5.74) is 3.57. The fraction of sp³-hybridized carbons (Fsp3) is 0.0625. The number of hydrazone groups is 1. The van der Waals surface area contributed by atoms with Crippen molar-refractivity contribution in [2.75, 3.05) is 7.11 Å². The highest BCUT2D eigenvalue weighted by atomic mass is 16.5. The van der Waals surface area contributed by atoms with E-state index >= 15 is 0 Å². The SMILES string of the molecule is COc1ccc(C(=O)N/N=C\c2ccc(C(=O)[O-])cc2)cc1. The van der Waals surface area contributed by atoms with Crippen molar-refractivity contribution in [3.8, 4) is 5.75 Å². The molecular formula is C16H13N2O4-. The number of rotatable bonds is 5. The minimum Gasteiger partial charge on any atom is -0.545 e. The Kier molecular flexibility index (Phi) is 4.87. The minimum atomic E-state index is -1.24. The molecule has 0 bridgehead atoms. The molecular weight excluding hydrogens is 284 g/mol. The van der Waals surface area contributed by atoms with E-state index in [1.807, 2.05) is 0 Å². The second-order valence-corrected chi connectivity index (χ2v) is 4.34. The monoisotopic (exact) mass is 297 g/mol. The number of carbonyl (C=O) groups excluding carboxylic acids is 2. The van der Waals surface area contributed by atoms with Gasteiger partial charge in [-0.15, -0.1) is 0 Å². The van der Waals surface area contributed by atoms with Gasteiger partial charge in [0.25, 0.3) is 5.91 Å². The van der Waals surface area contributed by atoms with Crippen LogP contribution in [0.15, 0.2) is 53.6 Å². The first kappa shape index (κ1) is 15.2. The van der Waals surface area contributed by atoms with Gasteiger partial charge in [0, 0.05) is 5.56 Å². The number of carbonyl (C=O) groups is 2. The van der Waals surface area contributed by atoms with Crippen LogP contribution in [0.1, 0.15) is 26.3 Å². The summed E-state index contributed by atoms with van der Waals surface area (Å²) in [6, 6.07) is 12.5. The molecule has 22 heavy (non-hydrogen) atoms. The molecule has 0 fully saturated rings. The molecule has 0 aliphatic heterocycles. The van der Waals surface area contributed by atoms with E-state index < -0.39 is 5.97 Å². The van der Waals surface area contributed by atoms with E-state index in [4.69, 9.17) is 4.74 Å². The summed E-state index contributed by atoms with van der Waals surface area (Å²) < 4.78 is 5.01. The van der Waals surface area contributed by atoms with Crippen molar-refractivity contribution < 1.29 is 19.4 Å². The second kappa shape index (κ2) is 7.03. The predicted octanol–water partition coefficient (Wildman–Crippen LogP) is 0.823. The molecule has 2 aromatic carbocycles. The van der Waals surface area contributed by atoms with Crippen LogP contribution in [-0.4, -0.2) is 25.2 Å². The van der Waals surface area contributed by atoms with E-state index in [1.54, 1.807) is 43.5 Å². The Labute approximate surface area is 127 Å². The molecule has 0 atom stereocenters. The fourth-order valence-electron chi connectivity index (χ4n) is 1.68. The topological polar surface area (TPSA) is 90.8 Å². The molecule has 0 saturated heterocycles. The minimum absolute atomic E-state index is 0.0828. The highest BCUT2D eigenvalue weighted by molar-refractivity contribution is 5.95. The van der Waals surface area contributed by atoms with Gasteiger partial charge in [-0.05, 0) is 35.4 Å². The Morgan fingerprint density at radius 3 is 2.18 bits per heavy atom. The lowest BCUT2D eigenvalue weighted by Gasteiger charge is -2.03. The summed E-state index contributed by atoms with van der Waals surface area (Å²) in [5, 5.41) is 14.4. The number of aromatic carboxylic acids is 1. The van der Waals surface area contributed by atoms with Gasteiger partial charge in [0.15, 0.2) is 0 Å². The van der Waals surface area contributed by atoms with Crippen molar-refractivity contribution in [2.45, 2.75) is 0 Å². The van der Waals surface area contributed by atoms with Gasteiger partial charge in [0.1, 0.15) is 5.75 Å². The van der Waals surface area contributed by atoms with Crippen LogP contribution in [0, 0.1) is 0 Å². The lowest BCUT2D eigenvalue weighted by Crippen LogP contribution is -2.22. The molecule has 0 aliphatic rings. The number of ether oxygens (including phenoxy) is 1. The molecule has 2 aromatic rings. The largest absolute Gasteiger partial charge is 0.545 e. The van der Waals surface area contributed by atoms with Crippen LogP contribution in [0.4, 0.5) is 0 Å². The third-order valence-electron chi connectivity index (χ3n) is 2.88. The van der Waals surface area contributed by atoms with Crippen LogP contribution in [0.2, 0.25) is 0 Å². The lowest BCUT2D eigenvalue weighted by atomic mass is 10.1. The lowest BCUT2D eigenvalue weighted by molar-refractivity contribution is -0.255. The number of carboxylic acids is 1. The number of methoxy groups -OCH3 is 1. The van der Waals surface area contributed by atoms with Gasteiger partial charge < -0.3 is 14.6 Å². The van der Waals surface area contributed by atoms with Gasteiger partial charge in [-0.3, -0.25) is 4.79 Å². The Morgan fingerprint density at radius 1 is 1.05 bits per heavy atom. The molecule has 0 radical (unpaired) electrons. The van der Waals surface area contributed by atoms with Crippen molar-refractivity contribution in [3.05, 3.63) is 65.2 Å². The Morgan fingerprint density at radius 2 is 1.64 bits per heavy atom. The van der Waals surface area contributed by atoms with Crippen LogP contribution in [0.3, 0.4) is 0 Å². The van der Waals surface area contributed by atoms with Crippen molar-refractivity contribution in [2.24, 2.45) is 5.10 Å². The molecule has 0 heterocycles. The van der Waals surface area contributed by atoms with Crippen molar-refractivity contribution in [1.29, 1.82) is 0 Å². The van der Waals surface area contributed by atoms with Gasteiger partial charge in [-0.25, -0.2) is 5.43 Å². The molecule has 0 spiro atoms. The first-order valence-corrected chi connectivity index (χ1v) is 6.39.